The van der Waals surface area contributed by atoms with Gasteiger partial charge in [0.15, 0.2) is 5.75 Å². The fraction of sp³-hybridized carbons (Fsp3) is 0.455. The smallest absolute Gasteiger partial charge is 0.259 e. The number of amides is 1. The molecule has 0 spiro atoms. The van der Waals surface area contributed by atoms with Gasteiger partial charge in [0.2, 0.25) is 0 Å². The number of fused-ring (bicyclic) bond motifs is 1. The zero-order valence-corrected chi connectivity index (χ0v) is 10.8. The van der Waals surface area contributed by atoms with E-state index in [2.05, 4.69) is 4.98 Å². The average molecular weight is 275 g/mol. The first-order chi connectivity index (χ1) is 8.13. The van der Waals surface area contributed by atoms with E-state index in [4.69, 9.17) is 27.9 Å². The predicted octanol–water partition coefficient (Wildman–Crippen LogP) is 2.20. The SMILES string of the molecule is CN1CC(CCCl)Oc2cncc(Cl)c2C1=O. The first-order valence-corrected chi connectivity index (χ1v) is 6.16. The third-order valence-electron chi connectivity index (χ3n) is 2.63. The first-order valence-electron chi connectivity index (χ1n) is 5.25. The van der Waals surface area contributed by atoms with Crippen LogP contribution < -0.4 is 4.74 Å². The van der Waals surface area contributed by atoms with Crippen molar-refractivity contribution in [3.05, 3.63) is 23.0 Å². The zero-order valence-electron chi connectivity index (χ0n) is 9.32. The molecule has 0 N–H and O–H groups in total. The van der Waals surface area contributed by atoms with E-state index in [-0.39, 0.29) is 12.0 Å². The van der Waals surface area contributed by atoms with Crippen LogP contribution in [0.25, 0.3) is 0 Å². The van der Waals surface area contributed by atoms with Gasteiger partial charge in [0, 0.05) is 19.1 Å². The molecule has 4 nitrogen and oxygen atoms in total. The maximum atomic E-state index is 12.1. The van der Waals surface area contributed by atoms with Gasteiger partial charge in [-0.3, -0.25) is 9.78 Å². The molecular weight excluding hydrogens is 263 g/mol. The molecule has 1 aliphatic heterocycles. The minimum Gasteiger partial charge on any atom is -0.486 e. The molecule has 2 heterocycles. The van der Waals surface area contributed by atoms with Crippen LogP contribution >= 0.6 is 23.2 Å². The summed E-state index contributed by atoms with van der Waals surface area (Å²) in [6.45, 7) is 0.497. The molecule has 1 unspecified atom stereocenters. The van der Waals surface area contributed by atoms with Crippen LogP contribution in [0.1, 0.15) is 16.8 Å². The minimum atomic E-state index is -0.149. The number of carbonyl (C=O) groups excluding carboxylic acids is 1. The number of hydrogen-bond donors (Lipinski definition) is 0. The molecular formula is C11H12Cl2N2O2. The van der Waals surface area contributed by atoms with Gasteiger partial charge in [-0.2, -0.15) is 0 Å². The predicted molar refractivity (Wildman–Crippen MR) is 66.0 cm³/mol. The number of alkyl halides is 1. The van der Waals surface area contributed by atoms with Gasteiger partial charge in [-0.1, -0.05) is 11.6 Å². The van der Waals surface area contributed by atoms with Crippen LogP contribution in [0.15, 0.2) is 12.4 Å². The summed E-state index contributed by atoms with van der Waals surface area (Å²) in [6.07, 6.45) is 3.50. The summed E-state index contributed by atoms with van der Waals surface area (Å²) in [4.78, 5) is 17.6. The van der Waals surface area contributed by atoms with Crippen LogP contribution in [0.5, 0.6) is 5.75 Å². The fourth-order valence-electron chi connectivity index (χ4n) is 1.78. The number of likely N-dealkylation sites (N-methyl/N-ethyl adjacent to an activating group) is 1. The maximum Gasteiger partial charge on any atom is 0.259 e. The summed E-state index contributed by atoms with van der Waals surface area (Å²) < 4.78 is 5.73. The van der Waals surface area contributed by atoms with Crippen LogP contribution in [0.4, 0.5) is 0 Å². The van der Waals surface area contributed by atoms with Crippen molar-refractivity contribution in [2.24, 2.45) is 0 Å². The second-order valence-corrected chi connectivity index (χ2v) is 4.68. The second-order valence-electron chi connectivity index (χ2n) is 3.90. The number of hydrogen-bond acceptors (Lipinski definition) is 3. The molecule has 1 aliphatic rings. The van der Waals surface area contributed by atoms with Crippen molar-refractivity contribution < 1.29 is 9.53 Å². The Kier molecular flexibility index (Phi) is 3.74. The molecule has 0 fully saturated rings. The summed E-state index contributed by atoms with van der Waals surface area (Å²) in [7, 11) is 1.72. The number of rotatable bonds is 2. The molecule has 6 heteroatoms. The molecule has 1 amide bonds. The molecule has 0 aromatic carbocycles. The Labute approximate surface area is 109 Å². The van der Waals surface area contributed by atoms with E-state index in [0.717, 1.165) is 0 Å². The Balaban J connectivity index is 2.41. The van der Waals surface area contributed by atoms with Gasteiger partial charge < -0.3 is 9.64 Å². The normalized spacial score (nSPS) is 19.6. The highest BCUT2D eigenvalue weighted by Gasteiger charge is 2.28. The number of carbonyl (C=O) groups is 1. The monoisotopic (exact) mass is 274 g/mol. The molecule has 1 atom stereocenters. The summed E-state index contributed by atoms with van der Waals surface area (Å²) in [5.41, 5.74) is 0.376. The summed E-state index contributed by atoms with van der Waals surface area (Å²) in [6, 6.07) is 0. The standard InChI is InChI=1S/C11H12Cl2N2O2/c1-15-6-7(2-3-12)17-9-5-14-4-8(13)10(9)11(15)16/h4-5,7H,2-3,6H2,1H3. The van der Waals surface area contributed by atoms with Gasteiger partial charge in [-0.25, -0.2) is 0 Å². The highest BCUT2D eigenvalue weighted by atomic mass is 35.5. The van der Waals surface area contributed by atoms with Crippen LogP contribution in [-0.2, 0) is 0 Å². The van der Waals surface area contributed by atoms with E-state index in [1.54, 1.807) is 11.9 Å². The Morgan fingerprint density at radius 3 is 3.06 bits per heavy atom. The third-order valence-corrected chi connectivity index (χ3v) is 3.13. The number of halogens is 2. The Morgan fingerprint density at radius 2 is 2.35 bits per heavy atom. The van der Waals surface area contributed by atoms with E-state index >= 15 is 0 Å². The summed E-state index contributed by atoms with van der Waals surface area (Å²) in [5.74, 6) is 0.766. The lowest BCUT2D eigenvalue weighted by Crippen LogP contribution is -2.34. The van der Waals surface area contributed by atoms with Crippen LogP contribution in [0, 0.1) is 0 Å². The van der Waals surface area contributed by atoms with Gasteiger partial charge in [0.25, 0.3) is 5.91 Å². The number of aromatic nitrogens is 1. The number of ether oxygens (including phenoxy) is 1. The van der Waals surface area contributed by atoms with E-state index < -0.39 is 0 Å². The summed E-state index contributed by atoms with van der Waals surface area (Å²) >= 11 is 11.7. The Bertz CT molecular complexity index is 439. The Hall–Kier alpha value is -1.00. The molecule has 0 bridgehead atoms. The quantitative estimate of drug-likeness (QED) is 0.777. The van der Waals surface area contributed by atoms with E-state index in [1.807, 2.05) is 0 Å². The highest BCUT2D eigenvalue weighted by Crippen LogP contribution is 2.30. The second kappa shape index (κ2) is 5.10. The van der Waals surface area contributed by atoms with Crippen molar-refractivity contribution >= 4 is 29.1 Å². The van der Waals surface area contributed by atoms with Crippen molar-refractivity contribution in [3.8, 4) is 5.75 Å². The molecule has 17 heavy (non-hydrogen) atoms. The molecule has 0 aliphatic carbocycles. The first kappa shape index (κ1) is 12.5. The van der Waals surface area contributed by atoms with E-state index in [0.29, 0.717) is 35.2 Å². The fourth-order valence-corrected chi connectivity index (χ4v) is 2.26. The molecule has 2 rings (SSSR count). The average Bonchev–Trinajstić information content (AvgIpc) is 2.39. The maximum absolute atomic E-state index is 12.1. The van der Waals surface area contributed by atoms with Crippen LogP contribution in [0.3, 0.4) is 0 Å². The minimum absolute atomic E-state index is 0.122. The lowest BCUT2D eigenvalue weighted by atomic mass is 10.2. The van der Waals surface area contributed by atoms with Crippen LogP contribution in [-0.4, -0.2) is 41.4 Å². The third kappa shape index (κ3) is 2.48. The molecule has 0 saturated carbocycles. The van der Waals surface area contributed by atoms with Gasteiger partial charge in [-0.15, -0.1) is 11.6 Å². The van der Waals surface area contributed by atoms with E-state index in [1.165, 1.54) is 12.4 Å². The lowest BCUT2D eigenvalue weighted by molar-refractivity contribution is 0.0759. The number of nitrogens with zero attached hydrogens (tertiary/aromatic N) is 2. The summed E-state index contributed by atoms with van der Waals surface area (Å²) in [5, 5.41) is 0.311. The van der Waals surface area contributed by atoms with Gasteiger partial charge in [0.05, 0.1) is 17.8 Å². The highest BCUT2D eigenvalue weighted by molar-refractivity contribution is 6.34. The Morgan fingerprint density at radius 1 is 1.59 bits per heavy atom. The zero-order chi connectivity index (χ0) is 12.4. The largest absolute Gasteiger partial charge is 0.486 e. The van der Waals surface area contributed by atoms with Crippen molar-refractivity contribution in [2.75, 3.05) is 19.5 Å². The van der Waals surface area contributed by atoms with E-state index in [9.17, 15) is 4.79 Å². The number of pyridine rings is 1. The molecule has 0 saturated heterocycles. The van der Waals surface area contributed by atoms with Crippen molar-refractivity contribution in [1.29, 1.82) is 0 Å². The topological polar surface area (TPSA) is 42.4 Å². The van der Waals surface area contributed by atoms with Crippen LogP contribution in [0.2, 0.25) is 5.02 Å². The lowest BCUT2D eigenvalue weighted by Gasteiger charge is -2.19. The van der Waals surface area contributed by atoms with Gasteiger partial charge >= 0.3 is 0 Å². The van der Waals surface area contributed by atoms with Crippen molar-refractivity contribution in [3.63, 3.8) is 0 Å². The van der Waals surface area contributed by atoms with Gasteiger partial charge in [0.1, 0.15) is 11.7 Å². The molecule has 0 radical (unpaired) electrons. The molecule has 1 aromatic rings. The van der Waals surface area contributed by atoms with Crippen molar-refractivity contribution in [2.45, 2.75) is 12.5 Å². The van der Waals surface area contributed by atoms with Crippen molar-refractivity contribution in [1.82, 2.24) is 9.88 Å². The molecule has 1 aromatic heterocycles. The molecule has 92 valence electrons. The van der Waals surface area contributed by atoms with Gasteiger partial charge in [-0.05, 0) is 6.42 Å².